The minimum atomic E-state index is 1.08. The minimum Gasteiger partial charge on any atom is -0.264 e. The lowest BCUT2D eigenvalue weighted by molar-refractivity contribution is 1.41. The molecular formula is C16H15NS. The van der Waals surface area contributed by atoms with Gasteiger partial charge in [-0.3, -0.25) is 4.99 Å². The number of rotatable bonds is 0. The average molecular weight is 253 g/mol. The second-order valence-electron chi connectivity index (χ2n) is 3.70. The van der Waals surface area contributed by atoms with Crippen LogP contribution in [0.3, 0.4) is 0 Å². The van der Waals surface area contributed by atoms with E-state index in [1.807, 2.05) is 42.1 Å². The zero-order chi connectivity index (χ0) is 12.5. The number of benzene rings is 1. The van der Waals surface area contributed by atoms with E-state index in [1.54, 1.807) is 11.8 Å². The van der Waals surface area contributed by atoms with Gasteiger partial charge in [0.05, 0.1) is 0 Å². The molecule has 1 aromatic rings. The van der Waals surface area contributed by atoms with E-state index < -0.39 is 0 Å². The van der Waals surface area contributed by atoms with E-state index in [0.717, 1.165) is 6.42 Å². The summed E-state index contributed by atoms with van der Waals surface area (Å²) < 4.78 is 0. The molecule has 90 valence electrons. The standard InChI is InChI=1S/C9H7NS.C7H8/c1-2-4-9-8(3-1)7-10-5-6-11-9;1-2-4-6-7-5-3-1/h1-7H;1-6H,7H2. The molecule has 1 heterocycles. The SMILES string of the molecule is C1=CC=CCC=C1.C1=CSc2ccccc2C=N1. The maximum atomic E-state index is 4.09. The van der Waals surface area contributed by atoms with Gasteiger partial charge in [-0.25, -0.2) is 0 Å². The van der Waals surface area contributed by atoms with Gasteiger partial charge in [0.1, 0.15) is 0 Å². The predicted molar refractivity (Wildman–Crippen MR) is 81.1 cm³/mol. The predicted octanol–water partition coefficient (Wildman–Crippen LogP) is 4.74. The third-order valence-corrected chi connectivity index (χ3v) is 3.24. The van der Waals surface area contributed by atoms with Crippen LogP contribution in [0.5, 0.6) is 0 Å². The first-order valence-corrected chi connectivity index (χ1v) is 6.77. The molecule has 1 aromatic carbocycles. The molecule has 0 bridgehead atoms. The molecule has 0 N–H and O–H groups in total. The number of allylic oxidation sites excluding steroid dienone is 6. The number of hydrogen-bond acceptors (Lipinski definition) is 2. The summed E-state index contributed by atoms with van der Waals surface area (Å²) in [5, 5.41) is 1.99. The van der Waals surface area contributed by atoms with Crippen molar-refractivity contribution in [3.63, 3.8) is 0 Å². The summed E-state index contributed by atoms with van der Waals surface area (Å²) >= 11 is 1.70. The number of nitrogens with zero attached hydrogens (tertiary/aromatic N) is 1. The number of fused-ring (bicyclic) bond motifs is 1. The summed E-state index contributed by atoms with van der Waals surface area (Å²) in [7, 11) is 0. The van der Waals surface area contributed by atoms with E-state index in [0.29, 0.717) is 0 Å². The Morgan fingerprint density at radius 3 is 2.56 bits per heavy atom. The quantitative estimate of drug-likeness (QED) is 0.650. The fourth-order valence-electron chi connectivity index (χ4n) is 1.48. The van der Waals surface area contributed by atoms with Crippen molar-refractivity contribution in [3.8, 4) is 0 Å². The van der Waals surface area contributed by atoms with Crippen LogP contribution in [-0.4, -0.2) is 6.21 Å². The van der Waals surface area contributed by atoms with Crippen LogP contribution >= 0.6 is 11.8 Å². The van der Waals surface area contributed by atoms with E-state index in [1.165, 1.54) is 10.5 Å². The average Bonchev–Trinajstić information content (AvgIpc) is 2.84. The first-order valence-electron chi connectivity index (χ1n) is 5.89. The molecule has 0 amide bonds. The van der Waals surface area contributed by atoms with Crippen molar-refractivity contribution in [1.29, 1.82) is 0 Å². The molecule has 3 rings (SSSR count). The van der Waals surface area contributed by atoms with Gasteiger partial charge in [-0.15, -0.1) is 0 Å². The largest absolute Gasteiger partial charge is 0.264 e. The Morgan fingerprint density at radius 1 is 0.944 bits per heavy atom. The van der Waals surface area contributed by atoms with Crippen LogP contribution in [0.2, 0.25) is 0 Å². The monoisotopic (exact) mass is 253 g/mol. The number of hydrogen-bond donors (Lipinski definition) is 0. The summed E-state index contributed by atoms with van der Waals surface area (Å²) in [6, 6.07) is 8.23. The molecule has 1 aliphatic heterocycles. The van der Waals surface area contributed by atoms with E-state index in [2.05, 4.69) is 41.4 Å². The van der Waals surface area contributed by atoms with Gasteiger partial charge in [0.15, 0.2) is 0 Å². The Bertz CT molecular complexity index is 508. The fraction of sp³-hybridized carbons (Fsp3) is 0.0625. The van der Waals surface area contributed by atoms with Gasteiger partial charge in [0.25, 0.3) is 0 Å². The summed E-state index contributed by atoms with van der Waals surface area (Å²) in [4.78, 5) is 5.35. The summed E-state index contributed by atoms with van der Waals surface area (Å²) in [6.45, 7) is 0. The number of aliphatic imine (C=N–C) groups is 1. The summed E-state index contributed by atoms with van der Waals surface area (Å²) in [6.07, 6.45) is 17.2. The first-order chi connectivity index (χ1) is 8.97. The Balaban J connectivity index is 0.000000149. The molecular weight excluding hydrogens is 238 g/mol. The maximum absolute atomic E-state index is 4.09. The van der Waals surface area contributed by atoms with E-state index >= 15 is 0 Å². The van der Waals surface area contributed by atoms with Gasteiger partial charge in [-0.05, 0) is 17.9 Å². The highest BCUT2D eigenvalue weighted by Crippen LogP contribution is 2.23. The van der Waals surface area contributed by atoms with Crippen LogP contribution in [-0.2, 0) is 0 Å². The summed E-state index contributed by atoms with van der Waals surface area (Å²) in [5.41, 5.74) is 1.20. The van der Waals surface area contributed by atoms with Crippen molar-refractivity contribution in [2.24, 2.45) is 4.99 Å². The first kappa shape index (κ1) is 12.7. The third-order valence-electron chi connectivity index (χ3n) is 2.35. The zero-order valence-corrected chi connectivity index (χ0v) is 10.9. The molecule has 0 atom stereocenters. The smallest absolute Gasteiger partial charge is 0.0351 e. The van der Waals surface area contributed by atoms with Crippen molar-refractivity contribution < 1.29 is 0 Å². The van der Waals surface area contributed by atoms with Crippen LogP contribution in [0.1, 0.15) is 12.0 Å². The van der Waals surface area contributed by atoms with Crippen molar-refractivity contribution in [2.75, 3.05) is 0 Å². The molecule has 0 fully saturated rings. The van der Waals surface area contributed by atoms with Crippen molar-refractivity contribution >= 4 is 18.0 Å². The number of thioether (sulfide) groups is 1. The molecule has 0 saturated carbocycles. The highest BCUT2D eigenvalue weighted by molar-refractivity contribution is 8.02. The van der Waals surface area contributed by atoms with Gasteiger partial charge in [-0.1, -0.05) is 66.4 Å². The fourth-order valence-corrected chi connectivity index (χ4v) is 2.17. The Labute approximate surface area is 112 Å². The molecule has 0 saturated heterocycles. The highest BCUT2D eigenvalue weighted by atomic mass is 32.2. The van der Waals surface area contributed by atoms with Crippen molar-refractivity contribution in [3.05, 3.63) is 77.9 Å². The van der Waals surface area contributed by atoms with Crippen LogP contribution in [0.4, 0.5) is 0 Å². The third kappa shape index (κ3) is 4.22. The molecule has 18 heavy (non-hydrogen) atoms. The van der Waals surface area contributed by atoms with E-state index in [-0.39, 0.29) is 0 Å². The highest BCUT2D eigenvalue weighted by Gasteiger charge is 1.98. The maximum Gasteiger partial charge on any atom is 0.0351 e. The zero-order valence-electron chi connectivity index (χ0n) is 10.1. The Morgan fingerprint density at radius 2 is 1.72 bits per heavy atom. The van der Waals surface area contributed by atoms with Crippen LogP contribution in [0.15, 0.2) is 82.2 Å². The second-order valence-corrected chi connectivity index (χ2v) is 4.64. The molecule has 0 radical (unpaired) electrons. The van der Waals surface area contributed by atoms with Crippen LogP contribution in [0.25, 0.3) is 0 Å². The van der Waals surface area contributed by atoms with Crippen molar-refractivity contribution in [2.45, 2.75) is 11.3 Å². The molecule has 0 unspecified atom stereocenters. The lowest BCUT2D eigenvalue weighted by Crippen LogP contribution is -1.81. The van der Waals surface area contributed by atoms with Crippen LogP contribution < -0.4 is 0 Å². The molecule has 2 heteroatoms. The Hall–Kier alpha value is -1.80. The molecule has 1 aliphatic carbocycles. The van der Waals surface area contributed by atoms with Gasteiger partial charge >= 0.3 is 0 Å². The molecule has 1 nitrogen and oxygen atoms in total. The van der Waals surface area contributed by atoms with E-state index in [9.17, 15) is 0 Å². The van der Waals surface area contributed by atoms with Gasteiger partial charge in [-0.2, -0.15) is 0 Å². The summed E-state index contributed by atoms with van der Waals surface area (Å²) in [5.74, 6) is 0. The topological polar surface area (TPSA) is 12.4 Å². The van der Waals surface area contributed by atoms with Crippen molar-refractivity contribution in [1.82, 2.24) is 0 Å². The Kier molecular flexibility index (Phi) is 5.28. The lowest BCUT2D eigenvalue weighted by atomic mass is 10.2. The minimum absolute atomic E-state index is 1.08. The molecule has 0 aromatic heterocycles. The lowest BCUT2D eigenvalue weighted by Gasteiger charge is -1.97. The normalized spacial score (nSPS) is 15.3. The molecule has 2 aliphatic rings. The second kappa shape index (κ2) is 7.51. The van der Waals surface area contributed by atoms with E-state index in [4.69, 9.17) is 0 Å². The van der Waals surface area contributed by atoms with Gasteiger partial charge in [0, 0.05) is 22.9 Å². The van der Waals surface area contributed by atoms with Crippen LogP contribution in [0, 0.1) is 0 Å². The van der Waals surface area contributed by atoms with Gasteiger partial charge < -0.3 is 0 Å². The molecule has 0 spiro atoms. The van der Waals surface area contributed by atoms with Gasteiger partial charge in [0.2, 0.25) is 0 Å².